The number of nitro benzene ring substituents is 1. The first-order valence-electron chi connectivity index (χ1n) is 9.18. The number of nitrogens with zero attached hydrogens (tertiary/aromatic N) is 4. The molecule has 0 unspecified atom stereocenters. The van der Waals surface area contributed by atoms with Crippen LogP contribution in [0.25, 0.3) is 0 Å². The maximum atomic E-state index is 12.2. The predicted molar refractivity (Wildman–Crippen MR) is 106 cm³/mol. The van der Waals surface area contributed by atoms with Crippen molar-refractivity contribution < 1.29 is 9.66 Å². The van der Waals surface area contributed by atoms with Gasteiger partial charge in [0, 0.05) is 44.5 Å². The summed E-state index contributed by atoms with van der Waals surface area (Å²) in [4.78, 5) is 36.3. The van der Waals surface area contributed by atoms with Gasteiger partial charge in [0.1, 0.15) is 12.4 Å². The molecule has 1 heterocycles. The first-order chi connectivity index (χ1) is 13.3. The molecule has 1 aromatic heterocycles. The average Bonchev–Trinajstić information content (AvgIpc) is 2.69. The molecule has 1 aromatic carbocycles. The first-order valence-corrected chi connectivity index (χ1v) is 9.18. The fraction of sp³-hybridized carbons (Fsp3) is 0.474. The highest BCUT2D eigenvalue weighted by Crippen LogP contribution is 2.17. The van der Waals surface area contributed by atoms with Gasteiger partial charge >= 0.3 is 5.69 Å². The highest BCUT2D eigenvalue weighted by molar-refractivity contribution is 5.35. The molecule has 0 spiro atoms. The van der Waals surface area contributed by atoms with Crippen molar-refractivity contribution in [2.24, 2.45) is 14.1 Å². The Balaban J connectivity index is 1.81. The summed E-state index contributed by atoms with van der Waals surface area (Å²) < 4.78 is 8.20. The molecular weight excluding hydrogens is 364 g/mol. The first kappa shape index (κ1) is 21.4. The van der Waals surface area contributed by atoms with E-state index in [1.807, 2.05) is 0 Å². The summed E-state index contributed by atoms with van der Waals surface area (Å²) in [6, 6.07) is 6.01. The van der Waals surface area contributed by atoms with Crippen LogP contribution in [0.2, 0.25) is 0 Å². The summed E-state index contributed by atoms with van der Waals surface area (Å²) in [7, 11) is 3.13. The van der Waals surface area contributed by atoms with Crippen molar-refractivity contribution in [3.8, 4) is 5.75 Å². The number of ether oxygens (including phenoxy) is 1. The van der Waals surface area contributed by atoms with E-state index >= 15 is 0 Å². The van der Waals surface area contributed by atoms with Gasteiger partial charge in [-0.25, -0.2) is 4.79 Å². The second-order valence-electron chi connectivity index (χ2n) is 6.55. The number of rotatable bonds is 10. The molecule has 152 valence electrons. The summed E-state index contributed by atoms with van der Waals surface area (Å²) >= 11 is 0. The second-order valence-corrected chi connectivity index (χ2v) is 6.55. The van der Waals surface area contributed by atoms with Gasteiger partial charge in [-0.05, 0) is 38.1 Å². The topological polar surface area (TPSA) is 99.6 Å². The second kappa shape index (κ2) is 9.84. The zero-order valence-corrected chi connectivity index (χ0v) is 16.5. The van der Waals surface area contributed by atoms with E-state index in [1.165, 1.54) is 23.7 Å². The third-order valence-electron chi connectivity index (χ3n) is 4.61. The van der Waals surface area contributed by atoms with Crippen LogP contribution < -0.4 is 16.0 Å². The Labute approximate surface area is 162 Å². The normalized spacial score (nSPS) is 11.0. The van der Waals surface area contributed by atoms with Gasteiger partial charge < -0.3 is 14.2 Å². The zero-order chi connectivity index (χ0) is 20.7. The molecule has 0 bridgehead atoms. The lowest BCUT2D eigenvalue weighted by Crippen LogP contribution is -2.38. The van der Waals surface area contributed by atoms with Crippen LogP contribution >= 0.6 is 0 Å². The van der Waals surface area contributed by atoms with Gasteiger partial charge in [-0.1, -0.05) is 6.92 Å². The number of likely N-dealkylation sites (N-methyl/N-ethyl adjacent to an activating group) is 1. The standard InChI is InChI=1S/C19H26N4O5/c1-4-22(12-13-28-17-9-7-16(8-10-17)23(26)27)11-5-6-15-14-20(2)19(25)21(3)18(15)24/h7-10,14H,4-6,11-13H2,1-3H3. The third kappa shape index (κ3) is 5.53. The predicted octanol–water partition coefficient (Wildman–Crippen LogP) is 1.33. The van der Waals surface area contributed by atoms with Crippen molar-refractivity contribution in [3.05, 3.63) is 67.0 Å². The quantitative estimate of drug-likeness (QED) is 0.448. The monoisotopic (exact) mass is 390 g/mol. The van der Waals surface area contributed by atoms with Crippen molar-refractivity contribution >= 4 is 5.69 Å². The number of hydrogen-bond acceptors (Lipinski definition) is 6. The summed E-state index contributed by atoms with van der Waals surface area (Å²) in [6.45, 7) is 4.87. The highest BCUT2D eigenvalue weighted by Gasteiger charge is 2.09. The Hall–Kier alpha value is -2.94. The number of aromatic nitrogens is 2. The van der Waals surface area contributed by atoms with Gasteiger partial charge in [0.25, 0.3) is 11.2 Å². The van der Waals surface area contributed by atoms with Crippen molar-refractivity contribution in [2.75, 3.05) is 26.2 Å². The van der Waals surface area contributed by atoms with E-state index in [1.54, 1.807) is 25.4 Å². The van der Waals surface area contributed by atoms with E-state index in [0.29, 0.717) is 30.9 Å². The summed E-state index contributed by atoms with van der Waals surface area (Å²) in [5, 5.41) is 10.7. The minimum atomic E-state index is -0.444. The molecule has 9 nitrogen and oxygen atoms in total. The van der Waals surface area contributed by atoms with Crippen LogP contribution in [0.3, 0.4) is 0 Å². The average molecular weight is 390 g/mol. The fourth-order valence-electron chi connectivity index (χ4n) is 2.93. The van der Waals surface area contributed by atoms with Crippen molar-refractivity contribution in [1.29, 1.82) is 0 Å². The van der Waals surface area contributed by atoms with Crippen LogP contribution in [0.1, 0.15) is 18.9 Å². The van der Waals surface area contributed by atoms with Crippen LogP contribution in [0, 0.1) is 10.1 Å². The van der Waals surface area contributed by atoms with Crippen molar-refractivity contribution in [1.82, 2.24) is 14.0 Å². The Bertz CT molecular complexity index is 917. The van der Waals surface area contributed by atoms with E-state index in [4.69, 9.17) is 4.74 Å². The van der Waals surface area contributed by atoms with Crippen molar-refractivity contribution in [2.45, 2.75) is 19.8 Å². The van der Waals surface area contributed by atoms with Crippen LogP contribution in [0.5, 0.6) is 5.75 Å². The number of aryl methyl sites for hydroxylation is 2. The Morgan fingerprint density at radius 1 is 1.14 bits per heavy atom. The van der Waals surface area contributed by atoms with Crippen LogP contribution in [-0.4, -0.2) is 45.2 Å². The minimum absolute atomic E-state index is 0.0343. The van der Waals surface area contributed by atoms with Gasteiger partial charge in [-0.2, -0.15) is 0 Å². The molecule has 0 aliphatic heterocycles. The lowest BCUT2D eigenvalue weighted by atomic mass is 10.2. The summed E-state index contributed by atoms with van der Waals surface area (Å²) in [6.07, 6.45) is 3.00. The molecule has 0 aliphatic carbocycles. The molecule has 2 aromatic rings. The Morgan fingerprint density at radius 2 is 1.82 bits per heavy atom. The Morgan fingerprint density at radius 3 is 2.43 bits per heavy atom. The van der Waals surface area contributed by atoms with Gasteiger partial charge in [0.15, 0.2) is 0 Å². The fourth-order valence-corrected chi connectivity index (χ4v) is 2.93. The third-order valence-corrected chi connectivity index (χ3v) is 4.61. The van der Waals surface area contributed by atoms with Gasteiger partial charge in [-0.15, -0.1) is 0 Å². The van der Waals surface area contributed by atoms with E-state index in [0.717, 1.165) is 24.1 Å². The van der Waals surface area contributed by atoms with Gasteiger partial charge in [0.05, 0.1) is 4.92 Å². The van der Waals surface area contributed by atoms with Crippen LogP contribution in [0.15, 0.2) is 40.1 Å². The molecular formula is C19H26N4O5. The number of benzene rings is 1. The molecule has 0 saturated carbocycles. The summed E-state index contributed by atoms with van der Waals surface area (Å²) in [5.41, 5.74) is 0.0925. The highest BCUT2D eigenvalue weighted by atomic mass is 16.6. The molecule has 28 heavy (non-hydrogen) atoms. The lowest BCUT2D eigenvalue weighted by molar-refractivity contribution is -0.384. The molecule has 0 radical (unpaired) electrons. The maximum absolute atomic E-state index is 12.2. The molecule has 9 heteroatoms. The maximum Gasteiger partial charge on any atom is 0.330 e. The molecule has 0 N–H and O–H groups in total. The zero-order valence-electron chi connectivity index (χ0n) is 16.5. The van der Waals surface area contributed by atoms with Crippen LogP contribution in [-0.2, 0) is 20.5 Å². The molecule has 0 aliphatic rings. The van der Waals surface area contributed by atoms with E-state index in [-0.39, 0.29) is 16.9 Å². The van der Waals surface area contributed by atoms with Crippen molar-refractivity contribution in [3.63, 3.8) is 0 Å². The summed E-state index contributed by atoms with van der Waals surface area (Å²) in [5.74, 6) is 0.593. The molecule has 0 atom stereocenters. The number of nitro groups is 1. The minimum Gasteiger partial charge on any atom is -0.492 e. The van der Waals surface area contributed by atoms with Gasteiger partial charge in [-0.3, -0.25) is 19.5 Å². The number of non-ortho nitro benzene ring substituents is 1. The Kier molecular flexibility index (Phi) is 7.51. The molecule has 0 saturated heterocycles. The number of hydrogen-bond donors (Lipinski definition) is 0. The smallest absolute Gasteiger partial charge is 0.330 e. The van der Waals surface area contributed by atoms with E-state index in [9.17, 15) is 19.7 Å². The van der Waals surface area contributed by atoms with E-state index in [2.05, 4.69) is 11.8 Å². The van der Waals surface area contributed by atoms with Gasteiger partial charge in [0.2, 0.25) is 0 Å². The lowest BCUT2D eigenvalue weighted by Gasteiger charge is -2.20. The molecule has 0 fully saturated rings. The largest absolute Gasteiger partial charge is 0.492 e. The van der Waals surface area contributed by atoms with Crippen LogP contribution in [0.4, 0.5) is 5.69 Å². The van der Waals surface area contributed by atoms with E-state index < -0.39 is 4.92 Å². The SMILES string of the molecule is CCN(CCCc1cn(C)c(=O)n(C)c1=O)CCOc1ccc([N+](=O)[O-])cc1. The molecule has 0 amide bonds. The molecule has 2 rings (SSSR count).